The van der Waals surface area contributed by atoms with E-state index in [0.29, 0.717) is 0 Å². The summed E-state index contributed by atoms with van der Waals surface area (Å²) in [6.45, 7) is 1.39. The van der Waals surface area contributed by atoms with Crippen molar-refractivity contribution in [2.75, 3.05) is 11.4 Å². The minimum absolute atomic E-state index is 0.0187. The fraction of sp³-hybridized carbons (Fsp3) is 0.167. The third-order valence-electron chi connectivity index (χ3n) is 2.69. The van der Waals surface area contributed by atoms with Crippen molar-refractivity contribution in [1.82, 2.24) is 4.98 Å². The highest BCUT2D eigenvalue weighted by Gasteiger charge is 2.28. The summed E-state index contributed by atoms with van der Waals surface area (Å²) < 4.78 is 30.7. The number of carboxylic acid groups (broad SMARTS) is 1. The minimum Gasteiger partial charge on any atom is -0.475 e. The van der Waals surface area contributed by atoms with Gasteiger partial charge in [0.25, 0.3) is 10.0 Å². The van der Waals surface area contributed by atoms with E-state index in [1.807, 2.05) is 0 Å². The monoisotopic (exact) mass is 296 g/mol. The summed E-state index contributed by atoms with van der Waals surface area (Å²) in [5.74, 6) is -1.50. The fourth-order valence-electron chi connectivity index (χ4n) is 1.64. The molecular weight excluding hydrogens is 284 g/mol. The maximum Gasteiger partial charge on any atom is 0.371 e. The van der Waals surface area contributed by atoms with Crippen molar-refractivity contribution in [3.8, 4) is 0 Å². The van der Waals surface area contributed by atoms with E-state index >= 15 is 0 Å². The summed E-state index contributed by atoms with van der Waals surface area (Å²) in [6.07, 6.45) is 1.46. The number of furan rings is 1. The van der Waals surface area contributed by atoms with E-state index < -0.39 is 21.8 Å². The zero-order chi connectivity index (χ0) is 14.9. The molecule has 1 N–H and O–H groups in total. The number of aryl methyl sites for hydroxylation is 1. The largest absolute Gasteiger partial charge is 0.475 e. The van der Waals surface area contributed by atoms with Crippen molar-refractivity contribution in [3.05, 3.63) is 42.0 Å². The number of carboxylic acids is 1. The predicted molar refractivity (Wildman–Crippen MR) is 70.2 cm³/mol. The van der Waals surface area contributed by atoms with E-state index in [4.69, 9.17) is 9.52 Å². The van der Waals surface area contributed by atoms with Crippen molar-refractivity contribution >= 4 is 21.8 Å². The first-order valence-corrected chi connectivity index (χ1v) is 7.01. The molecule has 0 aliphatic heterocycles. The normalized spacial score (nSPS) is 11.3. The Labute approximate surface area is 115 Å². The Morgan fingerprint density at radius 2 is 2.10 bits per heavy atom. The summed E-state index contributed by atoms with van der Waals surface area (Å²) in [4.78, 5) is 14.6. The van der Waals surface area contributed by atoms with Gasteiger partial charge in [0, 0.05) is 19.3 Å². The minimum atomic E-state index is -3.92. The molecule has 0 saturated heterocycles. The van der Waals surface area contributed by atoms with E-state index in [1.165, 1.54) is 26.2 Å². The second-order valence-electron chi connectivity index (χ2n) is 4.00. The Hall–Kier alpha value is -2.35. The number of aromatic nitrogens is 1. The molecule has 0 fully saturated rings. The Balaban J connectivity index is 2.48. The van der Waals surface area contributed by atoms with Gasteiger partial charge < -0.3 is 9.52 Å². The Morgan fingerprint density at radius 1 is 1.40 bits per heavy atom. The van der Waals surface area contributed by atoms with E-state index in [2.05, 4.69) is 4.98 Å². The molecule has 0 unspecified atom stereocenters. The Kier molecular flexibility index (Phi) is 3.49. The first-order valence-electron chi connectivity index (χ1n) is 5.57. The molecule has 2 aromatic heterocycles. The summed E-state index contributed by atoms with van der Waals surface area (Å²) in [5, 5.41) is 8.83. The van der Waals surface area contributed by atoms with Crippen LogP contribution in [0.5, 0.6) is 0 Å². The molecule has 0 saturated carbocycles. The van der Waals surface area contributed by atoms with Gasteiger partial charge in [-0.05, 0) is 19.1 Å². The molecule has 2 rings (SSSR count). The van der Waals surface area contributed by atoms with Crippen molar-refractivity contribution < 1.29 is 22.7 Å². The van der Waals surface area contributed by atoms with Crippen LogP contribution in [0.3, 0.4) is 0 Å². The molecule has 0 amide bonds. The van der Waals surface area contributed by atoms with Crippen molar-refractivity contribution in [2.24, 2.45) is 0 Å². The average molecular weight is 296 g/mol. The summed E-state index contributed by atoms with van der Waals surface area (Å²) in [6, 6.07) is 5.84. The van der Waals surface area contributed by atoms with Crippen molar-refractivity contribution in [2.45, 2.75) is 11.8 Å². The lowest BCUT2D eigenvalue weighted by molar-refractivity contribution is 0.0661. The zero-order valence-corrected chi connectivity index (χ0v) is 11.6. The van der Waals surface area contributed by atoms with Crippen LogP contribution >= 0.6 is 0 Å². The van der Waals surface area contributed by atoms with Gasteiger partial charge in [-0.3, -0.25) is 4.31 Å². The van der Waals surface area contributed by atoms with Gasteiger partial charge in [-0.1, -0.05) is 6.07 Å². The van der Waals surface area contributed by atoms with Crippen LogP contribution in [0.4, 0.5) is 5.82 Å². The molecule has 0 aliphatic rings. The van der Waals surface area contributed by atoms with Crippen LogP contribution in [0.25, 0.3) is 0 Å². The van der Waals surface area contributed by atoms with Gasteiger partial charge in [-0.2, -0.15) is 0 Å². The molecule has 0 aliphatic carbocycles. The Bertz CT molecular complexity index is 736. The number of pyridine rings is 1. The smallest absolute Gasteiger partial charge is 0.371 e. The fourth-order valence-corrected chi connectivity index (χ4v) is 2.95. The molecule has 8 heteroatoms. The van der Waals surface area contributed by atoms with Crippen LogP contribution in [0, 0.1) is 6.92 Å². The maximum atomic E-state index is 12.4. The second kappa shape index (κ2) is 4.97. The lowest BCUT2D eigenvalue weighted by atomic mass is 10.4. The van der Waals surface area contributed by atoms with Gasteiger partial charge in [-0.15, -0.1) is 0 Å². The first kappa shape index (κ1) is 14.1. The van der Waals surface area contributed by atoms with Crippen molar-refractivity contribution in [1.29, 1.82) is 0 Å². The van der Waals surface area contributed by atoms with Crippen molar-refractivity contribution in [3.63, 3.8) is 0 Å². The van der Waals surface area contributed by atoms with Gasteiger partial charge in [0.15, 0.2) is 0 Å². The highest BCUT2D eigenvalue weighted by atomic mass is 32.2. The quantitative estimate of drug-likeness (QED) is 0.917. The number of aromatic carboxylic acids is 1. The highest BCUT2D eigenvalue weighted by molar-refractivity contribution is 7.92. The standard InChI is InChI=1S/C12H12N2O5S/c1-8-10(7-9(19-8)12(15)16)20(17,18)14(2)11-5-3-4-6-13-11/h3-7H,1-2H3,(H,15,16). The number of carbonyl (C=O) groups is 1. The molecule has 20 heavy (non-hydrogen) atoms. The van der Waals surface area contributed by atoms with Crippen LogP contribution in [-0.2, 0) is 10.0 Å². The topological polar surface area (TPSA) is 101 Å². The predicted octanol–water partition coefficient (Wildman–Crippen LogP) is 1.51. The first-order chi connectivity index (χ1) is 9.34. The van der Waals surface area contributed by atoms with E-state index in [1.54, 1.807) is 12.1 Å². The van der Waals surface area contributed by atoms with Gasteiger partial charge in [0.1, 0.15) is 16.5 Å². The van der Waals surface area contributed by atoms with Crippen LogP contribution in [0.1, 0.15) is 16.3 Å². The lowest BCUT2D eigenvalue weighted by Crippen LogP contribution is -2.27. The number of sulfonamides is 1. The number of nitrogens with zero attached hydrogens (tertiary/aromatic N) is 2. The van der Waals surface area contributed by atoms with Crippen LogP contribution in [-0.4, -0.2) is 31.5 Å². The molecule has 7 nitrogen and oxygen atoms in total. The molecule has 106 valence electrons. The zero-order valence-electron chi connectivity index (χ0n) is 10.8. The van der Waals surface area contributed by atoms with E-state index in [9.17, 15) is 13.2 Å². The van der Waals surface area contributed by atoms with Crippen LogP contribution in [0.2, 0.25) is 0 Å². The molecule has 0 bridgehead atoms. The molecule has 0 spiro atoms. The number of anilines is 1. The molecule has 2 heterocycles. The second-order valence-corrected chi connectivity index (χ2v) is 5.93. The van der Waals surface area contributed by atoms with Crippen LogP contribution < -0.4 is 4.31 Å². The van der Waals surface area contributed by atoms with E-state index in [-0.39, 0.29) is 16.5 Å². The lowest BCUT2D eigenvalue weighted by Gasteiger charge is -2.17. The van der Waals surface area contributed by atoms with Gasteiger partial charge in [-0.25, -0.2) is 18.2 Å². The Morgan fingerprint density at radius 3 is 2.60 bits per heavy atom. The SMILES string of the molecule is Cc1oc(C(=O)O)cc1S(=O)(=O)N(C)c1ccccn1. The van der Waals surface area contributed by atoms with Gasteiger partial charge >= 0.3 is 5.97 Å². The summed E-state index contributed by atoms with van der Waals surface area (Å²) in [7, 11) is -2.58. The van der Waals surface area contributed by atoms with Gasteiger partial charge in [0.05, 0.1) is 0 Å². The molecule has 0 aromatic carbocycles. The third-order valence-corrected chi connectivity index (χ3v) is 4.56. The molecule has 0 radical (unpaired) electrons. The summed E-state index contributed by atoms with van der Waals surface area (Å²) in [5.41, 5.74) is 0. The number of rotatable bonds is 4. The highest BCUT2D eigenvalue weighted by Crippen LogP contribution is 2.25. The van der Waals surface area contributed by atoms with Crippen LogP contribution in [0.15, 0.2) is 39.8 Å². The number of hydrogen-bond donors (Lipinski definition) is 1. The molecular formula is C12H12N2O5S. The number of hydrogen-bond acceptors (Lipinski definition) is 5. The van der Waals surface area contributed by atoms with E-state index in [0.717, 1.165) is 10.4 Å². The maximum absolute atomic E-state index is 12.4. The average Bonchev–Trinajstić information content (AvgIpc) is 2.82. The van der Waals surface area contributed by atoms with Gasteiger partial charge in [0.2, 0.25) is 5.76 Å². The molecule has 2 aromatic rings. The molecule has 0 atom stereocenters. The summed E-state index contributed by atoms with van der Waals surface area (Å²) >= 11 is 0. The third kappa shape index (κ3) is 2.37.